The van der Waals surface area contributed by atoms with E-state index in [-0.39, 0.29) is 5.91 Å². The highest BCUT2D eigenvalue weighted by Crippen LogP contribution is 2.29. The zero-order chi connectivity index (χ0) is 12.3. The number of benzene rings is 1. The summed E-state index contributed by atoms with van der Waals surface area (Å²) in [6.07, 6.45) is 2.64. The third-order valence-corrected chi connectivity index (χ3v) is 3.14. The van der Waals surface area contributed by atoms with Crippen molar-refractivity contribution in [2.45, 2.75) is 31.8 Å². The van der Waals surface area contributed by atoms with Crippen molar-refractivity contribution < 1.29 is 4.79 Å². The van der Waals surface area contributed by atoms with Crippen LogP contribution in [0.15, 0.2) is 24.3 Å². The summed E-state index contributed by atoms with van der Waals surface area (Å²) in [4.78, 5) is 13.9. The molecule has 0 radical (unpaired) electrons. The lowest BCUT2D eigenvalue weighted by molar-refractivity contribution is -0.132. The normalized spacial score (nSPS) is 14.7. The molecule has 0 heterocycles. The summed E-state index contributed by atoms with van der Waals surface area (Å²) in [5.74, 6) is 0.148. The number of carbonyl (C=O) groups excluding carboxylic acids is 1. The largest absolute Gasteiger partial charge is 0.335 e. The second-order valence-electron chi connectivity index (χ2n) is 4.42. The molecule has 3 nitrogen and oxygen atoms in total. The Hall–Kier alpha value is -1.06. The van der Waals surface area contributed by atoms with Gasteiger partial charge in [-0.25, -0.2) is 0 Å². The standard InChI is InChI=1S/C13H17ClN2O/c14-11-3-1-2-10(8-11)9-16(12-4-5-12)13(17)6-7-15/h1-3,8,12H,4-7,9,15H2. The summed E-state index contributed by atoms with van der Waals surface area (Å²) in [6.45, 7) is 1.06. The smallest absolute Gasteiger partial charge is 0.224 e. The van der Waals surface area contributed by atoms with Gasteiger partial charge in [-0.3, -0.25) is 4.79 Å². The maximum atomic E-state index is 11.9. The molecular weight excluding hydrogens is 236 g/mol. The molecule has 0 saturated heterocycles. The molecule has 1 aliphatic carbocycles. The van der Waals surface area contributed by atoms with Crippen LogP contribution in [-0.2, 0) is 11.3 Å². The lowest BCUT2D eigenvalue weighted by atomic mass is 10.2. The summed E-state index contributed by atoms with van der Waals surface area (Å²) in [5.41, 5.74) is 6.52. The van der Waals surface area contributed by atoms with Crippen LogP contribution in [0.4, 0.5) is 0 Å². The number of carbonyl (C=O) groups is 1. The number of hydrogen-bond acceptors (Lipinski definition) is 2. The molecule has 0 atom stereocenters. The van der Waals surface area contributed by atoms with Crippen LogP contribution in [0.25, 0.3) is 0 Å². The van der Waals surface area contributed by atoms with Crippen molar-refractivity contribution in [1.29, 1.82) is 0 Å². The van der Waals surface area contributed by atoms with Crippen molar-refractivity contribution in [1.82, 2.24) is 4.90 Å². The fraction of sp³-hybridized carbons (Fsp3) is 0.462. The second-order valence-corrected chi connectivity index (χ2v) is 4.86. The molecule has 0 spiro atoms. The SMILES string of the molecule is NCCC(=O)N(Cc1cccc(Cl)c1)C1CC1. The molecule has 4 heteroatoms. The molecule has 2 rings (SSSR count). The van der Waals surface area contributed by atoms with Crippen LogP contribution >= 0.6 is 11.6 Å². The van der Waals surface area contributed by atoms with E-state index in [1.165, 1.54) is 0 Å². The monoisotopic (exact) mass is 252 g/mol. The average Bonchev–Trinajstić information content (AvgIpc) is 3.10. The molecule has 0 aliphatic heterocycles. The van der Waals surface area contributed by atoms with Gasteiger partial charge in [0.1, 0.15) is 0 Å². The van der Waals surface area contributed by atoms with E-state index in [4.69, 9.17) is 17.3 Å². The van der Waals surface area contributed by atoms with Gasteiger partial charge in [-0.15, -0.1) is 0 Å². The third-order valence-electron chi connectivity index (χ3n) is 2.91. The van der Waals surface area contributed by atoms with E-state index in [0.29, 0.717) is 30.6 Å². The minimum atomic E-state index is 0.148. The van der Waals surface area contributed by atoms with Crippen LogP contribution in [0.3, 0.4) is 0 Å². The van der Waals surface area contributed by atoms with Gasteiger partial charge in [0.25, 0.3) is 0 Å². The molecule has 0 bridgehead atoms. The summed E-state index contributed by atoms with van der Waals surface area (Å²) < 4.78 is 0. The Morgan fingerprint density at radius 3 is 2.82 bits per heavy atom. The van der Waals surface area contributed by atoms with E-state index in [9.17, 15) is 4.79 Å². The van der Waals surface area contributed by atoms with Gasteiger partial charge >= 0.3 is 0 Å². The fourth-order valence-electron chi connectivity index (χ4n) is 1.91. The maximum Gasteiger partial charge on any atom is 0.224 e. The zero-order valence-electron chi connectivity index (χ0n) is 9.73. The molecule has 92 valence electrons. The van der Waals surface area contributed by atoms with Crippen LogP contribution in [0, 0.1) is 0 Å². The minimum absolute atomic E-state index is 0.148. The fourth-order valence-corrected chi connectivity index (χ4v) is 2.12. The van der Waals surface area contributed by atoms with Gasteiger partial charge in [0, 0.05) is 30.6 Å². The van der Waals surface area contributed by atoms with Crippen LogP contribution < -0.4 is 5.73 Å². The lowest BCUT2D eigenvalue weighted by Gasteiger charge is -2.22. The van der Waals surface area contributed by atoms with E-state index < -0.39 is 0 Å². The van der Waals surface area contributed by atoms with Gasteiger partial charge in [0.15, 0.2) is 0 Å². The van der Waals surface area contributed by atoms with Gasteiger partial charge in [-0.2, -0.15) is 0 Å². The Balaban J connectivity index is 2.05. The van der Waals surface area contributed by atoms with Crippen LogP contribution in [0.5, 0.6) is 0 Å². The molecular formula is C13H17ClN2O. The highest BCUT2D eigenvalue weighted by molar-refractivity contribution is 6.30. The average molecular weight is 253 g/mol. The molecule has 1 amide bonds. The predicted molar refractivity (Wildman–Crippen MR) is 68.7 cm³/mol. The Bertz CT molecular complexity index is 404. The summed E-state index contributed by atoms with van der Waals surface area (Å²) >= 11 is 5.94. The van der Waals surface area contributed by atoms with Crippen molar-refractivity contribution >= 4 is 17.5 Å². The van der Waals surface area contributed by atoms with Crippen LogP contribution in [0.2, 0.25) is 5.02 Å². The second kappa shape index (κ2) is 5.52. The Morgan fingerprint density at radius 2 is 2.24 bits per heavy atom. The van der Waals surface area contributed by atoms with Crippen molar-refractivity contribution in [2.75, 3.05) is 6.54 Å². The quantitative estimate of drug-likeness (QED) is 0.873. The van der Waals surface area contributed by atoms with Gasteiger partial charge in [0.05, 0.1) is 0 Å². The van der Waals surface area contributed by atoms with Crippen molar-refractivity contribution in [3.05, 3.63) is 34.9 Å². The first-order chi connectivity index (χ1) is 8.20. The Morgan fingerprint density at radius 1 is 1.47 bits per heavy atom. The number of amides is 1. The number of halogens is 1. The number of nitrogens with zero attached hydrogens (tertiary/aromatic N) is 1. The van der Waals surface area contributed by atoms with Gasteiger partial charge < -0.3 is 10.6 Å². The number of rotatable bonds is 5. The predicted octanol–water partition coefficient (Wildman–Crippen LogP) is 2.18. The van der Waals surface area contributed by atoms with Gasteiger partial charge in [-0.1, -0.05) is 23.7 Å². The summed E-state index contributed by atoms with van der Waals surface area (Å²) in [6, 6.07) is 8.07. The van der Waals surface area contributed by atoms with Crippen molar-refractivity contribution in [2.24, 2.45) is 5.73 Å². The van der Waals surface area contributed by atoms with Gasteiger partial charge in [0.2, 0.25) is 5.91 Å². The Labute approximate surface area is 107 Å². The van der Waals surface area contributed by atoms with E-state index >= 15 is 0 Å². The maximum absolute atomic E-state index is 11.9. The first kappa shape index (κ1) is 12.4. The first-order valence-electron chi connectivity index (χ1n) is 5.94. The van der Waals surface area contributed by atoms with E-state index in [2.05, 4.69) is 0 Å². The highest BCUT2D eigenvalue weighted by atomic mass is 35.5. The van der Waals surface area contributed by atoms with Crippen molar-refractivity contribution in [3.8, 4) is 0 Å². The highest BCUT2D eigenvalue weighted by Gasteiger charge is 2.31. The topological polar surface area (TPSA) is 46.3 Å². The van der Waals surface area contributed by atoms with Crippen LogP contribution in [0.1, 0.15) is 24.8 Å². The van der Waals surface area contributed by atoms with Crippen molar-refractivity contribution in [3.63, 3.8) is 0 Å². The molecule has 2 N–H and O–H groups in total. The third kappa shape index (κ3) is 3.45. The summed E-state index contributed by atoms with van der Waals surface area (Å²) in [5, 5.41) is 0.713. The van der Waals surface area contributed by atoms with E-state index in [0.717, 1.165) is 18.4 Å². The summed E-state index contributed by atoms with van der Waals surface area (Å²) in [7, 11) is 0. The molecule has 1 aromatic carbocycles. The van der Waals surface area contributed by atoms with Crippen LogP contribution in [-0.4, -0.2) is 23.4 Å². The van der Waals surface area contributed by atoms with E-state index in [1.807, 2.05) is 29.2 Å². The molecule has 1 fully saturated rings. The molecule has 0 aromatic heterocycles. The molecule has 1 aromatic rings. The first-order valence-corrected chi connectivity index (χ1v) is 6.32. The molecule has 0 unspecified atom stereocenters. The van der Waals surface area contributed by atoms with Gasteiger partial charge in [-0.05, 0) is 30.5 Å². The lowest BCUT2D eigenvalue weighted by Crippen LogP contribution is -2.33. The number of hydrogen-bond donors (Lipinski definition) is 1. The number of nitrogens with two attached hydrogens (primary N) is 1. The molecule has 1 aliphatic rings. The Kier molecular flexibility index (Phi) is 4.02. The minimum Gasteiger partial charge on any atom is -0.335 e. The molecule has 17 heavy (non-hydrogen) atoms. The molecule has 1 saturated carbocycles. The zero-order valence-corrected chi connectivity index (χ0v) is 10.5. The van der Waals surface area contributed by atoms with E-state index in [1.54, 1.807) is 0 Å².